The molecule has 4 aromatic heterocycles. The number of hydrogen-bond acceptors (Lipinski definition) is 8. The highest BCUT2D eigenvalue weighted by Crippen LogP contribution is 2.39. The van der Waals surface area contributed by atoms with Crippen LogP contribution in [0.1, 0.15) is 52.5 Å². The number of piperazine rings is 1. The van der Waals surface area contributed by atoms with E-state index < -0.39 is 14.3 Å². The van der Waals surface area contributed by atoms with E-state index in [-0.39, 0.29) is 11.1 Å². The molecule has 0 radical (unpaired) electrons. The summed E-state index contributed by atoms with van der Waals surface area (Å²) >= 11 is 0. The van der Waals surface area contributed by atoms with Crippen molar-refractivity contribution in [2.24, 2.45) is 0 Å². The van der Waals surface area contributed by atoms with Gasteiger partial charge in [0.25, 0.3) is 0 Å². The van der Waals surface area contributed by atoms with Crippen molar-refractivity contribution in [3.8, 4) is 0 Å². The first-order valence-electron chi connectivity index (χ1n) is 15.3. The number of fused-ring (bicyclic) bond motifs is 3. The summed E-state index contributed by atoms with van der Waals surface area (Å²) in [5.74, 6) is 0.673. The fourth-order valence-corrected chi connectivity index (χ4v) is 6.98. The molecule has 42 heavy (non-hydrogen) atoms. The Hall–Kier alpha value is -3.15. The van der Waals surface area contributed by atoms with E-state index in [1.165, 1.54) is 6.20 Å². The Labute approximate surface area is 248 Å². The van der Waals surface area contributed by atoms with Crippen LogP contribution in [0.4, 0.5) is 21.8 Å². The van der Waals surface area contributed by atoms with Crippen LogP contribution < -0.4 is 10.2 Å². The third-order valence-electron chi connectivity index (χ3n) is 9.50. The van der Waals surface area contributed by atoms with Gasteiger partial charge >= 0.3 is 0 Å². The van der Waals surface area contributed by atoms with Crippen molar-refractivity contribution in [2.75, 3.05) is 49.5 Å². The standard InChI is InChI=1S/C31H43FN8OSi/c1-31(2,3)42(4,5)41-19-18-38-14-16-39(17-15-38)23-10-11-26(34-20-23)36-30-35-21-25-24-12-13-33-28(32)27(24)40(29(25)37-30)22-8-6-7-9-22/h10-13,20-22H,6-9,14-19H2,1-5H3,(H,34,35,36,37). The summed E-state index contributed by atoms with van der Waals surface area (Å²) in [5.41, 5.74) is 2.38. The summed E-state index contributed by atoms with van der Waals surface area (Å²) in [6.45, 7) is 17.2. The zero-order valence-electron chi connectivity index (χ0n) is 25.5. The lowest BCUT2D eigenvalue weighted by Crippen LogP contribution is -2.48. The van der Waals surface area contributed by atoms with Crippen molar-refractivity contribution in [1.82, 2.24) is 29.4 Å². The molecule has 11 heteroatoms. The molecule has 1 N–H and O–H groups in total. The van der Waals surface area contributed by atoms with Crippen LogP contribution >= 0.6 is 0 Å². The van der Waals surface area contributed by atoms with Crippen LogP contribution in [-0.2, 0) is 4.43 Å². The minimum atomic E-state index is -1.70. The van der Waals surface area contributed by atoms with Gasteiger partial charge in [-0.3, -0.25) is 4.90 Å². The molecule has 6 rings (SSSR count). The van der Waals surface area contributed by atoms with Crippen LogP contribution in [0, 0.1) is 5.95 Å². The highest BCUT2D eigenvalue weighted by Gasteiger charge is 2.37. The van der Waals surface area contributed by atoms with Crippen LogP contribution in [0.15, 0.2) is 36.8 Å². The first kappa shape index (κ1) is 28.9. The SMILES string of the molecule is CC(C)(C)[Si](C)(C)OCCN1CCN(c2ccc(Nc3ncc4c5ccnc(F)c5n(C5CCCC5)c4n3)nc2)CC1. The molecule has 5 heterocycles. The number of halogens is 1. The van der Waals surface area contributed by atoms with Crippen molar-refractivity contribution >= 4 is 47.7 Å². The van der Waals surface area contributed by atoms with Gasteiger partial charge in [-0.05, 0) is 49.2 Å². The zero-order chi connectivity index (χ0) is 29.5. The number of nitrogens with zero attached hydrogens (tertiary/aromatic N) is 7. The molecule has 0 spiro atoms. The quantitative estimate of drug-likeness (QED) is 0.184. The minimum Gasteiger partial charge on any atom is -0.416 e. The average molecular weight is 591 g/mol. The summed E-state index contributed by atoms with van der Waals surface area (Å²) in [6.07, 6.45) is 9.51. The Balaban J connectivity index is 1.10. The molecule has 9 nitrogen and oxygen atoms in total. The Kier molecular flexibility index (Phi) is 7.92. The largest absolute Gasteiger partial charge is 0.416 e. The molecule has 0 atom stereocenters. The van der Waals surface area contributed by atoms with E-state index in [0.717, 1.165) is 87.1 Å². The minimum absolute atomic E-state index is 0.217. The molecule has 1 aliphatic heterocycles. The molecule has 224 valence electrons. The van der Waals surface area contributed by atoms with Gasteiger partial charge in [0.15, 0.2) is 8.32 Å². The Morgan fingerprint density at radius 3 is 2.43 bits per heavy atom. The van der Waals surface area contributed by atoms with E-state index in [1.807, 2.05) is 22.9 Å². The zero-order valence-corrected chi connectivity index (χ0v) is 26.5. The van der Waals surface area contributed by atoms with Gasteiger partial charge in [-0.25, -0.2) is 15.0 Å². The highest BCUT2D eigenvalue weighted by atomic mass is 28.4. The molecule has 2 fully saturated rings. The first-order valence-corrected chi connectivity index (χ1v) is 18.2. The van der Waals surface area contributed by atoms with E-state index in [9.17, 15) is 4.39 Å². The molecular weight excluding hydrogens is 547 g/mol. The van der Waals surface area contributed by atoms with Gasteiger partial charge in [0.1, 0.15) is 17.0 Å². The summed E-state index contributed by atoms with van der Waals surface area (Å²) in [6, 6.07) is 6.14. The lowest BCUT2D eigenvalue weighted by atomic mass is 10.2. The van der Waals surface area contributed by atoms with Crippen LogP contribution in [0.25, 0.3) is 21.9 Å². The molecule has 0 amide bonds. The lowest BCUT2D eigenvalue weighted by Gasteiger charge is -2.38. The summed E-state index contributed by atoms with van der Waals surface area (Å²) in [7, 11) is -1.70. The summed E-state index contributed by atoms with van der Waals surface area (Å²) in [5, 5.41) is 5.16. The van der Waals surface area contributed by atoms with Crippen molar-refractivity contribution in [1.29, 1.82) is 0 Å². The summed E-state index contributed by atoms with van der Waals surface area (Å²) < 4.78 is 23.3. The van der Waals surface area contributed by atoms with Gasteiger partial charge < -0.3 is 19.2 Å². The number of rotatable bonds is 8. The van der Waals surface area contributed by atoms with Gasteiger partial charge in [-0.1, -0.05) is 33.6 Å². The highest BCUT2D eigenvalue weighted by molar-refractivity contribution is 6.74. The molecule has 4 aromatic rings. The maximum atomic E-state index is 14.9. The number of nitrogens with one attached hydrogen (secondary N) is 1. The van der Waals surface area contributed by atoms with Crippen LogP contribution in [-0.4, -0.2) is 77.1 Å². The van der Waals surface area contributed by atoms with E-state index in [2.05, 4.69) is 70.0 Å². The third-order valence-corrected chi connectivity index (χ3v) is 14.0. The van der Waals surface area contributed by atoms with Crippen LogP contribution in [0.3, 0.4) is 0 Å². The van der Waals surface area contributed by atoms with Gasteiger partial charge in [-0.15, -0.1) is 0 Å². The van der Waals surface area contributed by atoms with Gasteiger partial charge in [-0.2, -0.15) is 9.37 Å². The average Bonchev–Trinajstić information content (AvgIpc) is 3.60. The van der Waals surface area contributed by atoms with Crippen molar-refractivity contribution in [3.63, 3.8) is 0 Å². The number of hydrogen-bond donors (Lipinski definition) is 1. The predicted molar refractivity (Wildman–Crippen MR) is 170 cm³/mol. The Morgan fingerprint density at radius 2 is 1.74 bits per heavy atom. The van der Waals surface area contributed by atoms with Crippen molar-refractivity contribution in [2.45, 2.75) is 70.6 Å². The maximum absolute atomic E-state index is 14.9. The second-order valence-electron chi connectivity index (χ2n) is 13.2. The fraction of sp³-hybridized carbons (Fsp3) is 0.548. The number of pyridine rings is 2. The molecule has 1 saturated carbocycles. The summed E-state index contributed by atoms with van der Waals surface area (Å²) in [4.78, 5) is 22.9. The van der Waals surface area contributed by atoms with E-state index in [1.54, 1.807) is 6.20 Å². The topological polar surface area (TPSA) is 84.2 Å². The monoisotopic (exact) mass is 590 g/mol. The van der Waals surface area contributed by atoms with Crippen molar-refractivity contribution in [3.05, 3.63) is 42.7 Å². The second-order valence-corrected chi connectivity index (χ2v) is 18.0. The predicted octanol–water partition coefficient (Wildman–Crippen LogP) is 6.52. The number of aromatic nitrogens is 5. The molecule has 0 aromatic carbocycles. The first-order chi connectivity index (χ1) is 20.1. The molecule has 1 aliphatic carbocycles. The van der Waals surface area contributed by atoms with E-state index >= 15 is 0 Å². The Bertz CT molecular complexity index is 1540. The normalized spacial score (nSPS) is 17.5. The Morgan fingerprint density at radius 1 is 0.976 bits per heavy atom. The van der Waals surface area contributed by atoms with Crippen molar-refractivity contribution < 1.29 is 8.82 Å². The molecular formula is C31H43FN8OSi. The lowest BCUT2D eigenvalue weighted by molar-refractivity contribution is 0.191. The molecule has 1 saturated heterocycles. The molecule has 2 aliphatic rings. The smallest absolute Gasteiger partial charge is 0.237 e. The van der Waals surface area contributed by atoms with E-state index in [0.29, 0.717) is 17.3 Å². The maximum Gasteiger partial charge on any atom is 0.237 e. The van der Waals surface area contributed by atoms with Crippen LogP contribution in [0.5, 0.6) is 0 Å². The second kappa shape index (κ2) is 11.5. The fourth-order valence-electron chi connectivity index (χ4n) is 5.94. The molecule has 0 unspecified atom stereocenters. The van der Waals surface area contributed by atoms with E-state index in [4.69, 9.17) is 9.41 Å². The third kappa shape index (κ3) is 5.74. The van der Waals surface area contributed by atoms with Gasteiger partial charge in [0, 0.05) is 68.5 Å². The van der Waals surface area contributed by atoms with Gasteiger partial charge in [0.2, 0.25) is 11.9 Å². The van der Waals surface area contributed by atoms with Crippen LogP contribution in [0.2, 0.25) is 18.1 Å². The van der Waals surface area contributed by atoms with Gasteiger partial charge in [0.05, 0.1) is 11.9 Å². The number of anilines is 3. The molecule has 0 bridgehead atoms.